The zero-order valence-electron chi connectivity index (χ0n) is 17.4. The van der Waals surface area contributed by atoms with E-state index in [9.17, 15) is 9.18 Å². The molecule has 3 rings (SSSR count). The van der Waals surface area contributed by atoms with Crippen LogP contribution in [-0.4, -0.2) is 50.6 Å². The van der Waals surface area contributed by atoms with Gasteiger partial charge in [0.1, 0.15) is 11.6 Å². The zero-order valence-corrected chi connectivity index (χ0v) is 17.4. The number of ether oxygens (including phenoxy) is 1. The number of rotatable bonds is 7. The molecule has 0 saturated carbocycles. The highest BCUT2D eigenvalue weighted by Gasteiger charge is 2.22. The van der Waals surface area contributed by atoms with Crippen LogP contribution in [0.1, 0.15) is 25.5 Å². The Hall–Kier alpha value is -2.60. The van der Waals surface area contributed by atoms with Crippen molar-refractivity contribution in [2.45, 2.75) is 19.9 Å². The number of nitrogens with zero attached hydrogens (tertiary/aromatic N) is 2. The number of carbonyl (C=O) groups excluding carboxylic acids is 1. The van der Waals surface area contributed by atoms with Crippen molar-refractivity contribution in [3.63, 3.8) is 0 Å². The molecule has 0 aromatic heterocycles. The highest BCUT2D eigenvalue weighted by atomic mass is 19.1. The van der Waals surface area contributed by atoms with Crippen molar-refractivity contribution in [3.8, 4) is 5.75 Å². The zero-order chi connectivity index (χ0) is 20.8. The minimum absolute atomic E-state index is 0.00548. The van der Waals surface area contributed by atoms with Gasteiger partial charge in [-0.3, -0.25) is 9.69 Å². The van der Waals surface area contributed by atoms with E-state index >= 15 is 0 Å². The van der Waals surface area contributed by atoms with E-state index in [0.29, 0.717) is 6.54 Å². The summed E-state index contributed by atoms with van der Waals surface area (Å²) in [5.41, 5.74) is 2.10. The van der Waals surface area contributed by atoms with E-state index in [4.69, 9.17) is 4.74 Å². The number of carbonyl (C=O) groups is 1. The minimum Gasteiger partial charge on any atom is -0.497 e. The number of hydrogen-bond acceptors (Lipinski definition) is 4. The Morgan fingerprint density at radius 3 is 2.21 bits per heavy atom. The predicted molar refractivity (Wildman–Crippen MR) is 114 cm³/mol. The molecule has 2 aromatic carbocycles. The molecule has 1 unspecified atom stereocenters. The molecule has 0 radical (unpaired) electrons. The number of piperazine rings is 1. The van der Waals surface area contributed by atoms with Crippen LogP contribution < -0.4 is 15.0 Å². The Morgan fingerprint density at radius 2 is 1.66 bits per heavy atom. The van der Waals surface area contributed by atoms with Gasteiger partial charge in [-0.1, -0.05) is 26.0 Å². The van der Waals surface area contributed by atoms with Crippen molar-refractivity contribution in [2.24, 2.45) is 5.92 Å². The smallest absolute Gasteiger partial charge is 0.234 e. The van der Waals surface area contributed by atoms with Gasteiger partial charge < -0.3 is 15.0 Å². The number of benzene rings is 2. The molecule has 1 aliphatic rings. The van der Waals surface area contributed by atoms with E-state index in [1.165, 1.54) is 17.8 Å². The van der Waals surface area contributed by atoms with Gasteiger partial charge in [-0.2, -0.15) is 0 Å². The van der Waals surface area contributed by atoms with Gasteiger partial charge in [0.15, 0.2) is 0 Å². The highest BCUT2D eigenvalue weighted by Crippen LogP contribution is 2.23. The maximum atomic E-state index is 13.2. The molecule has 1 aliphatic heterocycles. The molecular weight excluding hydrogens is 369 g/mol. The van der Waals surface area contributed by atoms with Gasteiger partial charge in [0.25, 0.3) is 0 Å². The van der Waals surface area contributed by atoms with Crippen LogP contribution in [0.5, 0.6) is 5.75 Å². The van der Waals surface area contributed by atoms with Gasteiger partial charge in [-0.05, 0) is 47.9 Å². The van der Waals surface area contributed by atoms with E-state index in [1.807, 2.05) is 12.1 Å². The molecule has 29 heavy (non-hydrogen) atoms. The fourth-order valence-electron chi connectivity index (χ4n) is 3.68. The minimum atomic E-state index is -0.266. The van der Waals surface area contributed by atoms with Crippen LogP contribution in [0.3, 0.4) is 0 Å². The molecule has 1 heterocycles. The van der Waals surface area contributed by atoms with Crippen LogP contribution in [0.4, 0.5) is 10.1 Å². The third-order valence-corrected chi connectivity index (χ3v) is 5.39. The molecule has 5 nitrogen and oxygen atoms in total. The lowest BCUT2D eigenvalue weighted by Crippen LogP contribution is -2.50. The SMILES string of the molecule is COc1ccc(N2CCN(CC(=O)NC(c3ccc(F)cc3)C(C)C)CC2)cc1. The first kappa shape index (κ1) is 21.1. The first-order chi connectivity index (χ1) is 14.0. The molecule has 2 aromatic rings. The average Bonchev–Trinajstić information content (AvgIpc) is 2.73. The van der Waals surface area contributed by atoms with Crippen LogP contribution in [0.25, 0.3) is 0 Å². The largest absolute Gasteiger partial charge is 0.497 e. The Morgan fingerprint density at radius 1 is 1.03 bits per heavy atom. The molecule has 1 saturated heterocycles. The van der Waals surface area contributed by atoms with Gasteiger partial charge in [0.2, 0.25) is 5.91 Å². The Kier molecular flexibility index (Phi) is 7.09. The first-order valence-electron chi connectivity index (χ1n) is 10.1. The molecule has 1 N–H and O–H groups in total. The summed E-state index contributed by atoms with van der Waals surface area (Å²) in [6.45, 7) is 7.92. The lowest BCUT2D eigenvalue weighted by atomic mass is 9.96. The number of nitrogens with one attached hydrogen (secondary N) is 1. The molecule has 156 valence electrons. The maximum Gasteiger partial charge on any atom is 0.234 e. The summed E-state index contributed by atoms with van der Waals surface area (Å²) < 4.78 is 18.4. The van der Waals surface area contributed by atoms with Crippen molar-refractivity contribution in [3.05, 3.63) is 59.9 Å². The van der Waals surface area contributed by atoms with E-state index in [2.05, 4.69) is 41.1 Å². The van der Waals surface area contributed by atoms with Gasteiger partial charge >= 0.3 is 0 Å². The van der Waals surface area contributed by atoms with Crippen molar-refractivity contribution < 1.29 is 13.9 Å². The average molecular weight is 400 g/mol. The summed E-state index contributed by atoms with van der Waals surface area (Å²) in [4.78, 5) is 17.1. The second kappa shape index (κ2) is 9.74. The molecule has 1 amide bonds. The number of anilines is 1. The third-order valence-electron chi connectivity index (χ3n) is 5.39. The van der Waals surface area contributed by atoms with Crippen LogP contribution >= 0.6 is 0 Å². The summed E-state index contributed by atoms with van der Waals surface area (Å²) in [7, 11) is 1.67. The van der Waals surface area contributed by atoms with Crippen molar-refractivity contribution >= 4 is 11.6 Å². The molecule has 0 bridgehead atoms. The monoisotopic (exact) mass is 399 g/mol. The quantitative estimate of drug-likeness (QED) is 0.774. The molecule has 1 fully saturated rings. The number of halogens is 1. The van der Waals surface area contributed by atoms with E-state index in [0.717, 1.165) is 37.5 Å². The lowest BCUT2D eigenvalue weighted by molar-refractivity contribution is -0.123. The van der Waals surface area contributed by atoms with Crippen LogP contribution in [0.15, 0.2) is 48.5 Å². The van der Waals surface area contributed by atoms with Crippen molar-refractivity contribution in [1.82, 2.24) is 10.2 Å². The number of methoxy groups -OCH3 is 1. The van der Waals surface area contributed by atoms with Gasteiger partial charge in [-0.25, -0.2) is 4.39 Å². The van der Waals surface area contributed by atoms with E-state index < -0.39 is 0 Å². The Balaban J connectivity index is 1.51. The maximum absolute atomic E-state index is 13.2. The normalized spacial score (nSPS) is 16.0. The fraction of sp³-hybridized carbons (Fsp3) is 0.435. The lowest BCUT2D eigenvalue weighted by Gasteiger charge is -2.36. The predicted octanol–water partition coefficient (Wildman–Crippen LogP) is 3.47. The summed E-state index contributed by atoms with van der Waals surface area (Å²) >= 11 is 0. The molecule has 0 spiro atoms. The Bertz CT molecular complexity index is 785. The standard InChI is InChI=1S/C23H30FN3O2/c1-17(2)23(18-4-6-19(24)7-5-18)25-22(28)16-26-12-14-27(15-13-26)20-8-10-21(29-3)11-9-20/h4-11,17,23H,12-16H2,1-3H3,(H,25,28). The number of hydrogen-bond donors (Lipinski definition) is 1. The van der Waals surface area contributed by atoms with Gasteiger partial charge in [0, 0.05) is 31.9 Å². The van der Waals surface area contributed by atoms with Crippen LogP contribution in [0, 0.1) is 11.7 Å². The van der Waals surface area contributed by atoms with Crippen LogP contribution in [-0.2, 0) is 4.79 Å². The molecule has 1 atom stereocenters. The summed E-state index contributed by atoms with van der Waals surface area (Å²) in [6.07, 6.45) is 0. The summed E-state index contributed by atoms with van der Waals surface area (Å²) in [5, 5.41) is 3.12. The van der Waals surface area contributed by atoms with Crippen molar-refractivity contribution in [1.29, 1.82) is 0 Å². The van der Waals surface area contributed by atoms with Crippen molar-refractivity contribution in [2.75, 3.05) is 44.7 Å². The topological polar surface area (TPSA) is 44.8 Å². The first-order valence-corrected chi connectivity index (χ1v) is 10.1. The summed E-state index contributed by atoms with van der Waals surface area (Å²) in [5.74, 6) is 0.810. The van der Waals surface area contributed by atoms with E-state index in [1.54, 1.807) is 19.2 Å². The molecule has 0 aliphatic carbocycles. The number of amides is 1. The fourth-order valence-corrected chi connectivity index (χ4v) is 3.68. The molecule has 6 heteroatoms. The Labute approximate surface area is 172 Å². The summed E-state index contributed by atoms with van der Waals surface area (Å²) in [6, 6.07) is 14.3. The van der Waals surface area contributed by atoms with E-state index in [-0.39, 0.29) is 23.7 Å². The highest BCUT2D eigenvalue weighted by molar-refractivity contribution is 5.78. The second-order valence-electron chi connectivity index (χ2n) is 7.80. The third kappa shape index (κ3) is 5.70. The van der Waals surface area contributed by atoms with Gasteiger partial charge in [-0.15, -0.1) is 0 Å². The van der Waals surface area contributed by atoms with Crippen LogP contribution in [0.2, 0.25) is 0 Å². The second-order valence-corrected chi connectivity index (χ2v) is 7.80. The molecular formula is C23H30FN3O2. The van der Waals surface area contributed by atoms with Gasteiger partial charge in [0.05, 0.1) is 19.7 Å².